The third-order valence-corrected chi connectivity index (χ3v) is 8.17. The predicted octanol–water partition coefficient (Wildman–Crippen LogP) is 4.31. The van der Waals surface area contributed by atoms with Gasteiger partial charge in [0.1, 0.15) is 16.0 Å². The maximum absolute atomic E-state index is 13.8. The molecule has 4 rings (SSSR count). The van der Waals surface area contributed by atoms with Crippen LogP contribution in [0.5, 0.6) is 0 Å². The van der Waals surface area contributed by atoms with E-state index in [1.807, 2.05) is 20.8 Å². The van der Waals surface area contributed by atoms with Gasteiger partial charge >= 0.3 is 6.09 Å². The van der Waals surface area contributed by atoms with E-state index >= 15 is 0 Å². The number of halogens is 1. The molecule has 176 valence electrons. The number of sulfonamides is 1. The number of amides is 1. The van der Waals surface area contributed by atoms with Crippen LogP contribution in [0.25, 0.3) is 11.1 Å². The van der Waals surface area contributed by atoms with E-state index in [0.717, 1.165) is 6.42 Å². The Kier molecular flexibility index (Phi) is 5.54. The third kappa shape index (κ3) is 4.34. The molecule has 2 heterocycles. The number of hydrogen-bond acceptors (Lipinski definition) is 6. The average molecular weight is 484 g/mol. The van der Waals surface area contributed by atoms with Gasteiger partial charge in [-0.1, -0.05) is 32.4 Å². The first kappa shape index (κ1) is 23.3. The number of carbonyl (C=O) groups is 1. The van der Waals surface area contributed by atoms with Crippen LogP contribution in [0.1, 0.15) is 53.9 Å². The second-order valence-corrected chi connectivity index (χ2v) is 12.9. The maximum atomic E-state index is 13.8. The highest BCUT2D eigenvalue weighted by molar-refractivity contribution is 7.89. The standard InChI is InChI=1S/C22H30ClN3O5S/c1-21(2,3)19-25-15-8-7-14(23)18(17(15)30-19)32(28,29)26-11-12-9-13(12)16(26)10-24-20(27)31-22(4,5)6/h7-8,12-13,16H,9-11H2,1-6H3,(H,24,27)/t12-,13?,16+/m0/s1. The Morgan fingerprint density at radius 2 is 1.97 bits per heavy atom. The van der Waals surface area contributed by atoms with Crippen molar-refractivity contribution in [1.29, 1.82) is 0 Å². The summed E-state index contributed by atoms with van der Waals surface area (Å²) in [7, 11) is -3.99. The summed E-state index contributed by atoms with van der Waals surface area (Å²) < 4.78 is 40.2. The van der Waals surface area contributed by atoms with Gasteiger partial charge in [0.15, 0.2) is 5.58 Å². The van der Waals surface area contributed by atoms with Crippen molar-refractivity contribution >= 4 is 38.8 Å². The molecule has 1 unspecified atom stereocenters. The van der Waals surface area contributed by atoms with Gasteiger partial charge in [0, 0.05) is 24.5 Å². The number of carbonyl (C=O) groups excluding carboxylic acids is 1. The van der Waals surface area contributed by atoms with Crippen molar-refractivity contribution in [2.24, 2.45) is 11.8 Å². The molecule has 1 saturated carbocycles. The Labute approximate surface area is 193 Å². The quantitative estimate of drug-likeness (QED) is 0.695. The van der Waals surface area contributed by atoms with Crippen LogP contribution in [0, 0.1) is 11.8 Å². The van der Waals surface area contributed by atoms with Crippen LogP contribution in [-0.2, 0) is 20.2 Å². The molecule has 0 spiro atoms. The van der Waals surface area contributed by atoms with E-state index in [-0.39, 0.29) is 45.3 Å². The molecule has 2 fully saturated rings. The normalized spacial score (nSPS) is 23.9. The molecule has 10 heteroatoms. The molecule has 0 radical (unpaired) electrons. The van der Waals surface area contributed by atoms with Crippen LogP contribution >= 0.6 is 11.6 Å². The SMILES string of the molecule is CC(C)(C)OC(=O)NC[C@@H]1C2C[C@H]2CN1S(=O)(=O)c1c(Cl)ccc2nc(C(C)(C)C)oc12. The number of nitrogens with zero attached hydrogens (tertiary/aromatic N) is 2. The monoisotopic (exact) mass is 483 g/mol. The molecule has 1 saturated heterocycles. The van der Waals surface area contributed by atoms with E-state index in [0.29, 0.717) is 18.0 Å². The molecule has 1 aromatic carbocycles. The average Bonchev–Trinajstić information content (AvgIpc) is 3.10. The van der Waals surface area contributed by atoms with E-state index in [1.165, 1.54) is 10.4 Å². The van der Waals surface area contributed by atoms with Crippen molar-refractivity contribution < 1.29 is 22.4 Å². The lowest BCUT2D eigenvalue weighted by molar-refractivity contribution is 0.0517. The van der Waals surface area contributed by atoms with Gasteiger partial charge in [0.05, 0.1) is 5.02 Å². The highest BCUT2D eigenvalue weighted by atomic mass is 35.5. The van der Waals surface area contributed by atoms with Crippen LogP contribution < -0.4 is 5.32 Å². The third-order valence-electron chi connectivity index (χ3n) is 5.78. The molecule has 1 aliphatic heterocycles. The fraction of sp³-hybridized carbons (Fsp3) is 0.636. The Morgan fingerprint density at radius 1 is 1.28 bits per heavy atom. The van der Waals surface area contributed by atoms with Crippen LogP contribution in [0.3, 0.4) is 0 Å². The summed E-state index contributed by atoms with van der Waals surface area (Å²) in [4.78, 5) is 16.6. The van der Waals surface area contributed by atoms with Crippen LogP contribution in [0.4, 0.5) is 4.79 Å². The molecule has 0 bridgehead atoms. The van der Waals surface area contributed by atoms with Crippen molar-refractivity contribution in [2.45, 2.75) is 69.9 Å². The topological polar surface area (TPSA) is 102 Å². The zero-order chi connectivity index (χ0) is 23.6. The van der Waals surface area contributed by atoms with E-state index in [9.17, 15) is 13.2 Å². The number of benzene rings is 1. The van der Waals surface area contributed by atoms with Gasteiger partial charge in [-0.15, -0.1) is 0 Å². The minimum atomic E-state index is -3.99. The summed E-state index contributed by atoms with van der Waals surface area (Å²) in [6, 6.07) is 2.84. The number of rotatable bonds is 4. The van der Waals surface area contributed by atoms with Gasteiger partial charge in [-0.25, -0.2) is 18.2 Å². The maximum Gasteiger partial charge on any atom is 0.407 e. The summed E-state index contributed by atoms with van der Waals surface area (Å²) in [5.74, 6) is 0.934. The van der Waals surface area contributed by atoms with Crippen LogP contribution in [0.15, 0.2) is 21.4 Å². The summed E-state index contributed by atoms with van der Waals surface area (Å²) in [6.45, 7) is 11.7. The van der Waals surface area contributed by atoms with Gasteiger partial charge in [0.2, 0.25) is 15.9 Å². The van der Waals surface area contributed by atoms with Gasteiger partial charge in [-0.2, -0.15) is 4.31 Å². The van der Waals surface area contributed by atoms with Gasteiger partial charge in [-0.05, 0) is 51.2 Å². The number of aromatic nitrogens is 1. The molecule has 1 aliphatic carbocycles. The van der Waals surface area contributed by atoms with E-state index in [1.54, 1.807) is 26.8 Å². The zero-order valence-corrected chi connectivity index (χ0v) is 20.8. The Morgan fingerprint density at radius 3 is 2.59 bits per heavy atom. The molecule has 8 nitrogen and oxygen atoms in total. The van der Waals surface area contributed by atoms with E-state index in [4.69, 9.17) is 20.8 Å². The smallest absolute Gasteiger partial charge is 0.407 e. The molecule has 1 aromatic heterocycles. The highest BCUT2D eigenvalue weighted by Gasteiger charge is 2.56. The molecule has 2 aromatic rings. The lowest BCUT2D eigenvalue weighted by Crippen LogP contribution is -2.46. The second-order valence-electron chi connectivity index (χ2n) is 10.7. The fourth-order valence-corrected chi connectivity index (χ4v) is 6.53. The van der Waals surface area contributed by atoms with Gasteiger partial charge in [-0.3, -0.25) is 0 Å². The predicted molar refractivity (Wildman–Crippen MR) is 121 cm³/mol. The van der Waals surface area contributed by atoms with Crippen LogP contribution in [-0.4, -0.2) is 48.5 Å². The summed E-state index contributed by atoms with van der Waals surface area (Å²) in [6.07, 6.45) is 0.380. The number of ether oxygens (including phenoxy) is 1. The zero-order valence-electron chi connectivity index (χ0n) is 19.2. The number of nitrogens with one attached hydrogen (secondary N) is 1. The number of oxazole rings is 1. The van der Waals surface area contributed by atoms with Gasteiger partial charge < -0.3 is 14.5 Å². The molecular weight excluding hydrogens is 454 g/mol. The van der Waals surface area contributed by atoms with Crippen molar-refractivity contribution in [3.05, 3.63) is 23.0 Å². The Balaban J connectivity index is 1.65. The largest absolute Gasteiger partial charge is 0.444 e. The molecule has 1 amide bonds. The van der Waals surface area contributed by atoms with Crippen molar-refractivity contribution in [1.82, 2.24) is 14.6 Å². The molecule has 2 aliphatic rings. The Bertz CT molecular complexity index is 1160. The van der Waals surface area contributed by atoms with E-state index in [2.05, 4.69) is 10.3 Å². The molecular formula is C22H30ClN3O5S. The van der Waals surface area contributed by atoms with Crippen molar-refractivity contribution in [3.63, 3.8) is 0 Å². The second kappa shape index (κ2) is 7.60. The number of alkyl carbamates (subject to hydrolysis) is 1. The first-order chi connectivity index (χ1) is 14.7. The number of hydrogen-bond donors (Lipinski definition) is 1. The van der Waals surface area contributed by atoms with Crippen molar-refractivity contribution in [2.75, 3.05) is 13.1 Å². The summed E-state index contributed by atoms with van der Waals surface area (Å²) in [5, 5.41) is 2.82. The summed E-state index contributed by atoms with van der Waals surface area (Å²) >= 11 is 6.40. The molecule has 3 atom stereocenters. The fourth-order valence-electron chi connectivity index (χ4n) is 4.19. The van der Waals surface area contributed by atoms with E-state index < -0.39 is 21.7 Å². The van der Waals surface area contributed by atoms with Crippen LogP contribution in [0.2, 0.25) is 5.02 Å². The number of piperidine rings is 1. The lowest BCUT2D eigenvalue weighted by Gasteiger charge is -2.28. The highest BCUT2D eigenvalue weighted by Crippen LogP contribution is 2.51. The minimum absolute atomic E-state index is 0.0664. The van der Waals surface area contributed by atoms with Crippen molar-refractivity contribution in [3.8, 4) is 0 Å². The van der Waals surface area contributed by atoms with Gasteiger partial charge in [0.25, 0.3) is 0 Å². The summed E-state index contributed by atoms with van der Waals surface area (Å²) in [5.41, 5.74) is -0.400. The Hall–Kier alpha value is -1.84. The lowest BCUT2D eigenvalue weighted by atomic mass is 9.97. The first-order valence-electron chi connectivity index (χ1n) is 10.8. The molecule has 1 N–H and O–H groups in total. The molecule has 32 heavy (non-hydrogen) atoms. The minimum Gasteiger partial charge on any atom is -0.444 e. The number of fused-ring (bicyclic) bond motifs is 2. The first-order valence-corrected chi connectivity index (χ1v) is 12.6.